The summed E-state index contributed by atoms with van der Waals surface area (Å²) in [6.45, 7) is 13.0. The van der Waals surface area contributed by atoms with Gasteiger partial charge in [-0.2, -0.15) is 0 Å². The number of amides is 1. The second kappa shape index (κ2) is 10.2. The molecule has 1 unspecified atom stereocenters. The maximum absolute atomic E-state index is 13.0. The van der Waals surface area contributed by atoms with E-state index in [4.69, 9.17) is 0 Å². The molecule has 2 aromatic rings. The molecule has 166 valence electrons. The van der Waals surface area contributed by atoms with Crippen molar-refractivity contribution in [1.29, 1.82) is 0 Å². The Kier molecular flexibility index (Phi) is 8.23. The highest BCUT2D eigenvalue weighted by Crippen LogP contribution is 2.28. The standard InChI is InChI=1S/C21H33N5O3S/c1-8-11-26-17-15(20(28)25(7)21(26)29)19(24-16(23-17)13(4)5)30-14(6)18(27)22-10-9-12(2)3/h12-14H,8-11H2,1-7H3,(H,22,27). The Balaban J connectivity index is 2.56. The Labute approximate surface area is 181 Å². The topological polar surface area (TPSA) is 98.9 Å². The van der Waals surface area contributed by atoms with E-state index in [1.807, 2.05) is 20.8 Å². The number of hydrogen-bond acceptors (Lipinski definition) is 6. The molecule has 0 aromatic carbocycles. The van der Waals surface area contributed by atoms with Crippen molar-refractivity contribution in [2.45, 2.75) is 77.1 Å². The lowest BCUT2D eigenvalue weighted by atomic mass is 10.1. The van der Waals surface area contributed by atoms with Crippen LogP contribution in [0.1, 0.15) is 66.1 Å². The van der Waals surface area contributed by atoms with E-state index >= 15 is 0 Å². The smallest absolute Gasteiger partial charge is 0.332 e. The monoisotopic (exact) mass is 435 g/mol. The molecule has 0 radical (unpaired) electrons. The van der Waals surface area contributed by atoms with Gasteiger partial charge in [0.1, 0.15) is 16.2 Å². The van der Waals surface area contributed by atoms with E-state index in [2.05, 4.69) is 29.1 Å². The van der Waals surface area contributed by atoms with Gasteiger partial charge in [0.05, 0.1) is 5.25 Å². The van der Waals surface area contributed by atoms with Crippen LogP contribution in [0.3, 0.4) is 0 Å². The zero-order valence-electron chi connectivity index (χ0n) is 19.0. The molecule has 0 aliphatic carbocycles. The van der Waals surface area contributed by atoms with E-state index in [-0.39, 0.29) is 11.8 Å². The van der Waals surface area contributed by atoms with Crippen molar-refractivity contribution in [3.8, 4) is 0 Å². The number of nitrogens with one attached hydrogen (secondary N) is 1. The largest absolute Gasteiger partial charge is 0.355 e. The molecule has 0 saturated carbocycles. The lowest BCUT2D eigenvalue weighted by molar-refractivity contribution is -0.120. The second-order valence-corrected chi connectivity index (χ2v) is 9.60. The molecule has 1 N–H and O–H groups in total. The molecule has 0 spiro atoms. The number of fused-ring (bicyclic) bond motifs is 1. The van der Waals surface area contributed by atoms with Crippen LogP contribution >= 0.6 is 11.8 Å². The lowest BCUT2D eigenvalue weighted by Crippen LogP contribution is -2.39. The highest BCUT2D eigenvalue weighted by Gasteiger charge is 2.23. The highest BCUT2D eigenvalue weighted by atomic mass is 32.2. The first-order chi connectivity index (χ1) is 14.1. The fraction of sp³-hybridized carbons (Fsp3) is 0.667. The predicted molar refractivity (Wildman–Crippen MR) is 121 cm³/mol. The van der Waals surface area contributed by atoms with Gasteiger partial charge in [0, 0.05) is 26.1 Å². The van der Waals surface area contributed by atoms with Gasteiger partial charge >= 0.3 is 5.69 Å². The maximum atomic E-state index is 13.0. The van der Waals surface area contributed by atoms with Gasteiger partial charge in [0.15, 0.2) is 5.65 Å². The van der Waals surface area contributed by atoms with Gasteiger partial charge in [0.2, 0.25) is 5.91 Å². The zero-order valence-corrected chi connectivity index (χ0v) is 19.8. The van der Waals surface area contributed by atoms with E-state index in [0.29, 0.717) is 40.9 Å². The molecule has 0 bridgehead atoms. The van der Waals surface area contributed by atoms with E-state index in [1.54, 1.807) is 6.92 Å². The van der Waals surface area contributed by atoms with E-state index in [0.717, 1.165) is 17.4 Å². The number of aromatic nitrogens is 4. The average Bonchev–Trinajstić information content (AvgIpc) is 2.68. The van der Waals surface area contributed by atoms with Gasteiger partial charge in [0.25, 0.3) is 5.56 Å². The van der Waals surface area contributed by atoms with Crippen molar-refractivity contribution in [1.82, 2.24) is 24.4 Å². The molecule has 2 rings (SSSR count). The minimum absolute atomic E-state index is 0.0122. The number of rotatable bonds is 9. The summed E-state index contributed by atoms with van der Waals surface area (Å²) < 4.78 is 2.62. The Bertz CT molecular complexity index is 1030. The fourth-order valence-electron chi connectivity index (χ4n) is 2.97. The summed E-state index contributed by atoms with van der Waals surface area (Å²) in [4.78, 5) is 47.4. The summed E-state index contributed by atoms with van der Waals surface area (Å²) in [5.41, 5.74) is -0.482. The number of carbonyl (C=O) groups excluding carboxylic acids is 1. The van der Waals surface area contributed by atoms with Crippen molar-refractivity contribution in [3.63, 3.8) is 0 Å². The number of carbonyl (C=O) groups is 1. The minimum atomic E-state index is -0.438. The Morgan fingerprint density at radius 3 is 2.37 bits per heavy atom. The lowest BCUT2D eigenvalue weighted by Gasteiger charge is -2.17. The first kappa shape index (κ1) is 24.1. The van der Waals surface area contributed by atoms with Crippen LogP contribution < -0.4 is 16.6 Å². The summed E-state index contributed by atoms with van der Waals surface area (Å²) in [6.07, 6.45) is 1.63. The number of hydrogen-bond donors (Lipinski definition) is 1. The van der Waals surface area contributed by atoms with Crippen molar-refractivity contribution in [2.75, 3.05) is 6.54 Å². The van der Waals surface area contributed by atoms with Crippen molar-refractivity contribution in [2.24, 2.45) is 13.0 Å². The first-order valence-corrected chi connectivity index (χ1v) is 11.4. The number of aryl methyl sites for hydroxylation is 1. The van der Waals surface area contributed by atoms with Crippen LogP contribution in [0, 0.1) is 5.92 Å². The molecule has 2 aromatic heterocycles. The van der Waals surface area contributed by atoms with Gasteiger partial charge in [-0.15, -0.1) is 0 Å². The van der Waals surface area contributed by atoms with E-state index < -0.39 is 16.5 Å². The molecule has 0 saturated heterocycles. The van der Waals surface area contributed by atoms with Gasteiger partial charge in [-0.1, -0.05) is 46.4 Å². The molecule has 8 nitrogen and oxygen atoms in total. The minimum Gasteiger partial charge on any atom is -0.355 e. The van der Waals surface area contributed by atoms with Crippen LogP contribution in [0.5, 0.6) is 0 Å². The second-order valence-electron chi connectivity index (χ2n) is 8.27. The molecule has 1 atom stereocenters. The molecule has 0 aliphatic rings. The molecule has 0 aliphatic heterocycles. The molecule has 9 heteroatoms. The summed E-state index contributed by atoms with van der Waals surface area (Å²) >= 11 is 1.24. The van der Waals surface area contributed by atoms with E-state index in [9.17, 15) is 14.4 Å². The normalized spacial score (nSPS) is 12.7. The Hall–Kier alpha value is -2.16. The first-order valence-electron chi connectivity index (χ1n) is 10.5. The summed E-state index contributed by atoms with van der Waals surface area (Å²) in [5, 5.41) is 3.24. The van der Waals surface area contributed by atoms with Crippen molar-refractivity contribution >= 4 is 28.7 Å². The SMILES string of the molecule is CCCn1c(=O)n(C)c(=O)c2c(SC(C)C(=O)NCCC(C)C)nc(C(C)C)nc21. The Morgan fingerprint density at radius 2 is 1.80 bits per heavy atom. The maximum Gasteiger partial charge on any atom is 0.332 e. The highest BCUT2D eigenvalue weighted by molar-refractivity contribution is 8.00. The Morgan fingerprint density at radius 1 is 1.13 bits per heavy atom. The summed E-state index contributed by atoms with van der Waals surface area (Å²) in [7, 11) is 1.46. The molecular formula is C21H33N5O3S. The third-order valence-corrected chi connectivity index (χ3v) is 5.89. The van der Waals surface area contributed by atoms with Gasteiger partial charge < -0.3 is 5.32 Å². The van der Waals surface area contributed by atoms with Gasteiger partial charge in [-0.05, 0) is 25.7 Å². The molecule has 1 amide bonds. The predicted octanol–water partition coefficient (Wildman–Crippen LogP) is 2.67. The van der Waals surface area contributed by atoms with Crippen LogP contribution in [0.4, 0.5) is 0 Å². The molecule has 30 heavy (non-hydrogen) atoms. The average molecular weight is 436 g/mol. The third kappa shape index (κ3) is 5.30. The van der Waals surface area contributed by atoms with Gasteiger partial charge in [-0.3, -0.25) is 18.7 Å². The van der Waals surface area contributed by atoms with E-state index in [1.165, 1.54) is 23.4 Å². The number of nitrogens with zero attached hydrogens (tertiary/aromatic N) is 4. The van der Waals surface area contributed by atoms with Crippen molar-refractivity contribution < 1.29 is 4.79 Å². The van der Waals surface area contributed by atoms with Crippen LogP contribution in [-0.2, 0) is 18.4 Å². The molecular weight excluding hydrogens is 402 g/mol. The molecule has 0 fully saturated rings. The van der Waals surface area contributed by atoms with Crippen LogP contribution in [-0.4, -0.2) is 36.8 Å². The van der Waals surface area contributed by atoms with Crippen LogP contribution in [0.25, 0.3) is 11.0 Å². The van der Waals surface area contributed by atoms with Gasteiger partial charge in [-0.25, -0.2) is 14.8 Å². The summed E-state index contributed by atoms with van der Waals surface area (Å²) in [5.74, 6) is 0.969. The van der Waals surface area contributed by atoms with Crippen LogP contribution in [0.15, 0.2) is 14.6 Å². The fourth-order valence-corrected chi connectivity index (χ4v) is 3.94. The van der Waals surface area contributed by atoms with Crippen molar-refractivity contribution in [3.05, 3.63) is 26.7 Å². The van der Waals surface area contributed by atoms with Crippen LogP contribution in [0.2, 0.25) is 0 Å². The quantitative estimate of drug-likeness (QED) is 0.480. The zero-order chi connectivity index (χ0) is 22.6. The molecule has 2 heterocycles. The third-order valence-electron chi connectivity index (χ3n) is 4.81. The number of thioether (sulfide) groups is 1. The summed E-state index contributed by atoms with van der Waals surface area (Å²) in [6, 6.07) is 0.